The third kappa shape index (κ3) is 6.87. The monoisotopic (exact) mass is 440 g/mol. The Labute approximate surface area is 174 Å². The number of carbonyl (C=O) groups is 2. The van der Waals surface area contributed by atoms with Gasteiger partial charge >= 0.3 is 12.3 Å². The average molecular weight is 440 g/mol. The van der Waals surface area contributed by atoms with Gasteiger partial charge < -0.3 is 4.74 Å². The molecule has 0 aliphatic carbocycles. The Hall–Kier alpha value is -3.83. The lowest BCUT2D eigenvalue weighted by Gasteiger charge is -2.19. The predicted octanol–water partition coefficient (Wildman–Crippen LogP) is 4.72. The van der Waals surface area contributed by atoms with Crippen LogP contribution in [0.5, 0.6) is 0 Å². The van der Waals surface area contributed by atoms with Crippen molar-refractivity contribution in [2.75, 3.05) is 10.7 Å². The van der Waals surface area contributed by atoms with Crippen LogP contribution in [0.25, 0.3) is 0 Å². The molecule has 0 aliphatic rings. The maximum absolute atomic E-state index is 12.7. The molecule has 2 amide bonds. The van der Waals surface area contributed by atoms with Gasteiger partial charge in [-0.05, 0) is 57.2 Å². The van der Waals surface area contributed by atoms with Gasteiger partial charge in [0.1, 0.15) is 11.3 Å². The minimum absolute atomic E-state index is 0.122. The molecule has 2 aromatic rings. The molecular formula is C19H19F3N4O5. The van der Waals surface area contributed by atoms with Gasteiger partial charge in [0.2, 0.25) is 0 Å². The quantitative estimate of drug-likeness (QED) is 0.457. The van der Waals surface area contributed by atoms with Crippen LogP contribution in [0.3, 0.4) is 0 Å². The van der Waals surface area contributed by atoms with Crippen LogP contribution in [-0.2, 0) is 10.9 Å². The fraction of sp³-hybridized carbons (Fsp3) is 0.263. The number of nitro groups is 1. The smallest absolute Gasteiger partial charge is 0.416 e. The van der Waals surface area contributed by atoms with E-state index in [-0.39, 0.29) is 11.3 Å². The van der Waals surface area contributed by atoms with E-state index in [1.54, 1.807) is 20.8 Å². The molecule has 31 heavy (non-hydrogen) atoms. The zero-order valence-electron chi connectivity index (χ0n) is 16.7. The maximum Gasteiger partial charge on any atom is 0.416 e. The van der Waals surface area contributed by atoms with Gasteiger partial charge in [-0.2, -0.15) is 13.2 Å². The SMILES string of the molecule is CC(C)(C)OC(=O)Nc1ccc(C(=O)NNc2ccc(C(F)(F)F)cc2[N+](=O)[O-])cc1. The van der Waals surface area contributed by atoms with E-state index in [4.69, 9.17) is 4.74 Å². The van der Waals surface area contributed by atoms with Crippen LogP contribution in [0, 0.1) is 10.1 Å². The topological polar surface area (TPSA) is 123 Å². The number of hydrazine groups is 1. The standard InChI is InChI=1S/C19H19F3N4O5/c1-18(2,3)31-17(28)23-13-7-4-11(5-8-13)16(27)25-24-14-9-6-12(19(20,21)22)10-15(14)26(29)30/h4-10,24H,1-3H3,(H,23,28)(H,25,27). The van der Waals surface area contributed by atoms with Gasteiger partial charge in [0.05, 0.1) is 10.5 Å². The highest BCUT2D eigenvalue weighted by Gasteiger charge is 2.33. The predicted molar refractivity (Wildman–Crippen MR) is 105 cm³/mol. The molecule has 0 spiro atoms. The van der Waals surface area contributed by atoms with Crippen molar-refractivity contribution in [3.05, 3.63) is 63.7 Å². The molecule has 12 heteroatoms. The Morgan fingerprint density at radius 3 is 2.16 bits per heavy atom. The molecule has 0 bridgehead atoms. The number of amides is 2. The number of nitrogens with one attached hydrogen (secondary N) is 3. The lowest BCUT2D eigenvalue weighted by Crippen LogP contribution is -2.30. The molecule has 2 aromatic carbocycles. The van der Waals surface area contributed by atoms with Crippen molar-refractivity contribution in [1.29, 1.82) is 0 Å². The first-order valence-corrected chi connectivity index (χ1v) is 8.78. The molecule has 0 radical (unpaired) electrons. The van der Waals surface area contributed by atoms with Crippen LogP contribution in [0.2, 0.25) is 0 Å². The van der Waals surface area contributed by atoms with Crippen LogP contribution < -0.4 is 16.2 Å². The first kappa shape index (κ1) is 23.4. The van der Waals surface area contributed by atoms with Crippen molar-refractivity contribution < 1.29 is 32.4 Å². The summed E-state index contributed by atoms with van der Waals surface area (Å²) in [5.74, 6) is -0.710. The van der Waals surface area contributed by atoms with Gasteiger partial charge in [-0.25, -0.2) is 4.79 Å². The van der Waals surface area contributed by atoms with Gasteiger partial charge in [-0.15, -0.1) is 0 Å². The zero-order valence-corrected chi connectivity index (χ0v) is 16.7. The van der Waals surface area contributed by atoms with Crippen LogP contribution in [-0.4, -0.2) is 22.5 Å². The van der Waals surface area contributed by atoms with Crippen molar-refractivity contribution in [2.45, 2.75) is 32.5 Å². The third-order valence-corrected chi connectivity index (χ3v) is 3.62. The van der Waals surface area contributed by atoms with Crippen molar-refractivity contribution in [3.8, 4) is 0 Å². The third-order valence-electron chi connectivity index (χ3n) is 3.62. The molecule has 9 nitrogen and oxygen atoms in total. The number of nitrogens with zero attached hydrogens (tertiary/aromatic N) is 1. The second-order valence-electron chi connectivity index (χ2n) is 7.27. The first-order valence-electron chi connectivity index (χ1n) is 8.78. The van der Waals surface area contributed by atoms with Gasteiger partial charge in [0.25, 0.3) is 11.6 Å². The van der Waals surface area contributed by atoms with Gasteiger partial charge in [0.15, 0.2) is 0 Å². The van der Waals surface area contributed by atoms with E-state index in [1.807, 2.05) is 0 Å². The molecular weight excluding hydrogens is 421 g/mol. The summed E-state index contributed by atoms with van der Waals surface area (Å²) in [6, 6.07) is 7.45. The highest BCUT2D eigenvalue weighted by atomic mass is 19.4. The average Bonchev–Trinajstić information content (AvgIpc) is 2.64. The number of benzene rings is 2. The van der Waals surface area contributed by atoms with E-state index in [9.17, 15) is 32.9 Å². The number of hydrogen-bond acceptors (Lipinski definition) is 6. The fourth-order valence-electron chi connectivity index (χ4n) is 2.29. The van der Waals surface area contributed by atoms with Crippen molar-refractivity contribution in [2.24, 2.45) is 0 Å². The summed E-state index contributed by atoms with van der Waals surface area (Å²) in [6.45, 7) is 5.11. The van der Waals surface area contributed by atoms with E-state index >= 15 is 0 Å². The number of hydrogen-bond donors (Lipinski definition) is 3. The number of rotatable bonds is 5. The molecule has 3 N–H and O–H groups in total. The highest BCUT2D eigenvalue weighted by Crippen LogP contribution is 2.34. The number of anilines is 2. The van der Waals surface area contributed by atoms with Gasteiger partial charge in [-0.3, -0.25) is 31.1 Å². The van der Waals surface area contributed by atoms with Gasteiger partial charge in [0, 0.05) is 17.3 Å². The molecule has 0 aromatic heterocycles. The summed E-state index contributed by atoms with van der Waals surface area (Å²) in [4.78, 5) is 34.0. The summed E-state index contributed by atoms with van der Waals surface area (Å²) in [5.41, 5.74) is 1.85. The molecule has 0 unspecified atom stereocenters. The van der Waals surface area contributed by atoms with Crippen LogP contribution in [0.4, 0.5) is 35.0 Å². The van der Waals surface area contributed by atoms with E-state index in [0.717, 1.165) is 6.07 Å². The lowest BCUT2D eigenvalue weighted by molar-refractivity contribution is -0.384. The second-order valence-corrected chi connectivity index (χ2v) is 7.27. The van der Waals surface area contributed by atoms with E-state index in [2.05, 4.69) is 16.2 Å². The number of halogens is 3. The molecule has 0 atom stereocenters. The van der Waals surface area contributed by atoms with Gasteiger partial charge in [-0.1, -0.05) is 0 Å². The molecule has 0 saturated carbocycles. The molecule has 0 fully saturated rings. The number of carbonyl (C=O) groups excluding carboxylic acids is 2. The second kappa shape index (κ2) is 8.90. The normalized spacial score (nSPS) is 11.4. The van der Waals surface area contributed by atoms with E-state index < -0.39 is 40.0 Å². The minimum atomic E-state index is -4.75. The van der Waals surface area contributed by atoms with E-state index in [1.165, 1.54) is 24.3 Å². The molecule has 2 rings (SSSR count). The molecule has 166 valence electrons. The lowest BCUT2D eigenvalue weighted by atomic mass is 10.1. The highest BCUT2D eigenvalue weighted by molar-refractivity contribution is 5.96. The molecule has 0 heterocycles. The largest absolute Gasteiger partial charge is 0.444 e. The Morgan fingerprint density at radius 2 is 1.65 bits per heavy atom. The van der Waals surface area contributed by atoms with Crippen LogP contribution in [0.15, 0.2) is 42.5 Å². The first-order chi connectivity index (χ1) is 14.3. The molecule has 0 saturated heterocycles. The van der Waals surface area contributed by atoms with Crippen LogP contribution >= 0.6 is 0 Å². The Morgan fingerprint density at radius 1 is 1.03 bits per heavy atom. The summed E-state index contributed by atoms with van der Waals surface area (Å²) in [6.07, 6.45) is -5.43. The van der Waals surface area contributed by atoms with Crippen molar-refractivity contribution in [3.63, 3.8) is 0 Å². The zero-order chi connectivity index (χ0) is 23.4. The summed E-state index contributed by atoms with van der Waals surface area (Å²) in [5, 5.41) is 13.6. The Bertz CT molecular complexity index is 986. The minimum Gasteiger partial charge on any atom is -0.444 e. The van der Waals surface area contributed by atoms with Crippen LogP contribution in [0.1, 0.15) is 36.7 Å². The van der Waals surface area contributed by atoms with Crippen molar-refractivity contribution >= 4 is 29.1 Å². The summed E-state index contributed by atoms with van der Waals surface area (Å²) in [7, 11) is 0. The van der Waals surface area contributed by atoms with Crippen molar-refractivity contribution in [1.82, 2.24) is 5.43 Å². The number of ether oxygens (including phenoxy) is 1. The van der Waals surface area contributed by atoms with E-state index in [0.29, 0.717) is 17.8 Å². The maximum atomic E-state index is 12.7. The summed E-state index contributed by atoms with van der Waals surface area (Å²) < 4.78 is 43.3. The number of alkyl halides is 3. The fourth-order valence-corrected chi connectivity index (χ4v) is 2.29. The number of nitro benzene ring substituents is 1. The molecule has 0 aliphatic heterocycles. The Balaban J connectivity index is 2.04. The summed E-state index contributed by atoms with van der Waals surface area (Å²) >= 11 is 0. The Kier molecular flexibility index (Phi) is 6.73.